The first-order valence-corrected chi connectivity index (χ1v) is 19.7. The van der Waals surface area contributed by atoms with Crippen LogP contribution in [0.1, 0.15) is 77.1 Å². The Morgan fingerprint density at radius 3 is 2.61 bits per heavy atom. The minimum atomic E-state index is -0.930. The molecule has 2 aromatic heterocycles. The average molecular weight is 778 g/mol. The predicted octanol–water partition coefficient (Wildman–Crippen LogP) is 7.60. The third-order valence-electron chi connectivity index (χ3n) is 12.3. The summed E-state index contributed by atoms with van der Waals surface area (Å²) in [6.07, 6.45) is 2.37. The Morgan fingerprint density at radius 2 is 1.89 bits per heavy atom. The van der Waals surface area contributed by atoms with Gasteiger partial charge in [-0.25, -0.2) is 19.6 Å². The van der Waals surface area contributed by atoms with Gasteiger partial charge in [0.05, 0.1) is 42.7 Å². The van der Waals surface area contributed by atoms with Gasteiger partial charge in [0, 0.05) is 37.1 Å². The monoisotopic (exact) mass is 777 g/mol. The number of benzene rings is 3. The van der Waals surface area contributed by atoms with E-state index in [2.05, 4.69) is 72.5 Å². The van der Waals surface area contributed by atoms with Gasteiger partial charge in [-0.2, -0.15) is 0 Å². The van der Waals surface area contributed by atoms with Crippen LogP contribution in [-0.4, -0.2) is 92.9 Å². The Hall–Kier alpha value is -5.63. The molecule has 57 heavy (non-hydrogen) atoms. The van der Waals surface area contributed by atoms with Crippen LogP contribution in [0.25, 0.3) is 44.2 Å². The molecule has 2 saturated heterocycles. The molecule has 2 fully saturated rings. The van der Waals surface area contributed by atoms with Crippen molar-refractivity contribution in [3.8, 4) is 28.1 Å². The highest BCUT2D eigenvalue weighted by Crippen LogP contribution is 2.51. The van der Waals surface area contributed by atoms with Gasteiger partial charge in [0.15, 0.2) is 0 Å². The van der Waals surface area contributed by atoms with Crippen LogP contribution >= 0.6 is 0 Å². The maximum atomic E-state index is 14.0. The first-order valence-electron chi connectivity index (χ1n) is 19.7. The third-order valence-corrected chi connectivity index (χ3v) is 12.3. The summed E-state index contributed by atoms with van der Waals surface area (Å²) in [6.45, 7) is 11.8. The number of carbonyl (C=O) groups is 3. The Labute approximate surface area is 331 Å². The molecule has 14 heteroatoms. The van der Waals surface area contributed by atoms with E-state index in [1.54, 1.807) is 18.2 Å². The fourth-order valence-electron chi connectivity index (χ4n) is 9.43. The first-order chi connectivity index (χ1) is 27.2. The number of amides is 3. The number of ether oxygens (including phenoxy) is 3. The second kappa shape index (κ2) is 14.4. The lowest BCUT2D eigenvalue weighted by Crippen LogP contribution is -2.53. The second-order valence-electron chi connectivity index (χ2n) is 17.0. The normalized spacial score (nSPS) is 21.1. The predicted molar refractivity (Wildman–Crippen MR) is 215 cm³/mol. The van der Waals surface area contributed by atoms with Crippen LogP contribution in [0.2, 0.25) is 0 Å². The van der Waals surface area contributed by atoms with Gasteiger partial charge >= 0.3 is 12.2 Å². The van der Waals surface area contributed by atoms with Crippen molar-refractivity contribution < 1.29 is 33.7 Å². The minimum absolute atomic E-state index is 0.103. The molecular formula is C43H51N7O7. The molecule has 0 radical (unpaired) electrons. The molecule has 0 bridgehead atoms. The van der Waals surface area contributed by atoms with Crippen LogP contribution in [0.15, 0.2) is 48.7 Å². The van der Waals surface area contributed by atoms with Gasteiger partial charge in [-0.3, -0.25) is 9.69 Å². The maximum absolute atomic E-state index is 14.0. The summed E-state index contributed by atoms with van der Waals surface area (Å²) in [7, 11) is 2.95. The lowest BCUT2D eigenvalue weighted by Gasteiger charge is -2.45. The van der Waals surface area contributed by atoms with E-state index in [-0.39, 0.29) is 29.2 Å². The number of methoxy groups -OCH3 is 2. The molecule has 8 rings (SSSR count). The molecule has 0 saturated carbocycles. The number of H-pyrrole nitrogens is 2. The molecule has 300 valence electrons. The van der Waals surface area contributed by atoms with Crippen LogP contribution in [0.4, 0.5) is 9.59 Å². The smallest absolute Gasteiger partial charge is 0.408 e. The van der Waals surface area contributed by atoms with Gasteiger partial charge in [0.25, 0.3) is 0 Å². The van der Waals surface area contributed by atoms with Crippen molar-refractivity contribution in [2.75, 3.05) is 33.9 Å². The van der Waals surface area contributed by atoms with Gasteiger partial charge in [-0.15, -0.1) is 0 Å². The molecule has 14 nitrogen and oxygen atoms in total. The zero-order chi connectivity index (χ0) is 40.4. The van der Waals surface area contributed by atoms with Crippen molar-refractivity contribution in [2.24, 2.45) is 17.3 Å². The van der Waals surface area contributed by atoms with Crippen molar-refractivity contribution in [1.82, 2.24) is 35.1 Å². The van der Waals surface area contributed by atoms with E-state index in [0.717, 1.165) is 61.9 Å². The van der Waals surface area contributed by atoms with Gasteiger partial charge in [0.1, 0.15) is 35.6 Å². The number of aromatic nitrogens is 4. The Balaban J connectivity index is 1.10. The number of alkyl carbamates (subject to hydrolysis) is 1. The van der Waals surface area contributed by atoms with Gasteiger partial charge in [0.2, 0.25) is 5.91 Å². The molecule has 4 N–H and O–H groups in total. The molecule has 5 heterocycles. The highest BCUT2D eigenvalue weighted by atomic mass is 16.5. The molecule has 0 aliphatic carbocycles. The van der Waals surface area contributed by atoms with Gasteiger partial charge in [-0.05, 0) is 76.9 Å². The largest absolute Gasteiger partial charge is 0.488 e. The number of hydrogen-bond donors (Lipinski definition) is 4. The SMILES string of the molecule is COC[C@H]1C[C@@H](c2nc3c(ccc4cc5c(cc43)OCc3cc(-c4cnc([C@@]6(C(C)(C)C)CCCN6C(=O)O)[nH]4)ccc3-5)[nH]2)N(C(=O)[C@@H](NC(=O)OC)C(C)C)C1. The topological polar surface area (TPSA) is 175 Å². The number of carboxylic acid groups (broad SMARTS) is 1. The fraction of sp³-hybridized carbons (Fsp3) is 0.465. The summed E-state index contributed by atoms with van der Waals surface area (Å²) in [5.74, 6) is 1.87. The van der Waals surface area contributed by atoms with Crippen molar-refractivity contribution in [3.05, 3.63) is 65.9 Å². The number of aromatic amines is 2. The average Bonchev–Trinajstić information content (AvgIpc) is 4.00. The third kappa shape index (κ3) is 6.43. The van der Waals surface area contributed by atoms with Crippen molar-refractivity contribution in [3.63, 3.8) is 0 Å². The van der Waals surface area contributed by atoms with Crippen molar-refractivity contribution in [1.29, 1.82) is 0 Å². The number of nitrogens with zero attached hydrogens (tertiary/aromatic N) is 4. The van der Waals surface area contributed by atoms with Crippen LogP contribution < -0.4 is 10.1 Å². The summed E-state index contributed by atoms with van der Waals surface area (Å²) < 4.78 is 16.8. The van der Waals surface area contributed by atoms with E-state index in [9.17, 15) is 19.5 Å². The number of carbonyl (C=O) groups excluding carboxylic acids is 2. The molecule has 3 aliphatic rings. The zero-order valence-electron chi connectivity index (χ0n) is 33.6. The quantitative estimate of drug-likeness (QED) is 0.124. The van der Waals surface area contributed by atoms with Crippen molar-refractivity contribution in [2.45, 2.75) is 78.1 Å². The zero-order valence-corrected chi connectivity index (χ0v) is 33.6. The standard InChI is InChI=1S/C43H51N7O7/c1-23(2)35(48-40(52)56-7)38(51)49-20-24(21-55-6)15-33(49)37-45-31-12-10-25-17-30-28-11-9-26(16-27(28)22-57-34(30)18-29(25)36(31)47-37)32-19-44-39(46-32)43(42(3,4)5)13-8-14-50(43)41(53)54/h9-12,16-19,23-24,33,35H,8,13-15,20-22H2,1-7H3,(H,44,46)(H,45,47)(H,48,52)(H,53,54)/t24-,33-,35-,43+/m0/s1. The summed E-state index contributed by atoms with van der Waals surface area (Å²) in [6, 6.07) is 13.5. The number of fused-ring (bicyclic) bond motifs is 6. The molecule has 3 aromatic carbocycles. The minimum Gasteiger partial charge on any atom is -0.488 e. The van der Waals surface area contributed by atoms with E-state index in [1.807, 2.05) is 24.8 Å². The van der Waals surface area contributed by atoms with Crippen LogP contribution in [0, 0.1) is 17.3 Å². The van der Waals surface area contributed by atoms with E-state index in [1.165, 1.54) is 7.11 Å². The summed E-state index contributed by atoms with van der Waals surface area (Å²) in [5.41, 5.74) is 5.38. The van der Waals surface area contributed by atoms with E-state index in [4.69, 9.17) is 24.2 Å². The Morgan fingerprint density at radius 1 is 1.09 bits per heavy atom. The molecule has 3 aliphatic heterocycles. The molecule has 4 atom stereocenters. The van der Waals surface area contributed by atoms with Gasteiger partial charge in [-0.1, -0.05) is 52.8 Å². The van der Waals surface area contributed by atoms with Gasteiger partial charge < -0.3 is 39.5 Å². The highest BCUT2D eigenvalue weighted by molar-refractivity contribution is 6.07. The summed E-state index contributed by atoms with van der Waals surface area (Å²) in [4.78, 5) is 58.9. The van der Waals surface area contributed by atoms with Crippen LogP contribution in [0.5, 0.6) is 5.75 Å². The Kier molecular flexibility index (Phi) is 9.66. The van der Waals surface area contributed by atoms with Crippen molar-refractivity contribution >= 4 is 39.9 Å². The lowest BCUT2D eigenvalue weighted by atomic mass is 9.71. The van der Waals surface area contributed by atoms with Crippen LogP contribution in [0.3, 0.4) is 0 Å². The van der Waals surface area contributed by atoms with E-state index < -0.39 is 23.8 Å². The fourth-order valence-corrected chi connectivity index (χ4v) is 9.43. The summed E-state index contributed by atoms with van der Waals surface area (Å²) >= 11 is 0. The summed E-state index contributed by atoms with van der Waals surface area (Å²) in [5, 5.41) is 14.8. The molecular weight excluding hydrogens is 727 g/mol. The number of imidazole rings is 2. The maximum Gasteiger partial charge on any atom is 0.408 e. The number of likely N-dealkylation sites (tertiary alicyclic amines) is 2. The van der Waals surface area contributed by atoms with E-state index >= 15 is 0 Å². The number of rotatable bonds is 8. The molecule has 3 amide bonds. The Bertz CT molecular complexity index is 2380. The molecule has 0 spiro atoms. The second-order valence-corrected chi connectivity index (χ2v) is 17.0. The molecule has 0 unspecified atom stereocenters. The first kappa shape index (κ1) is 38.3. The number of nitrogens with one attached hydrogen (secondary N) is 3. The lowest BCUT2D eigenvalue weighted by molar-refractivity contribution is -0.135. The van der Waals surface area contributed by atoms with Crippen LogP contribution in [-0.2, 0) is 26.4 Å². The highest BCUT2D eigenvalue weighted by Gasteiger charge is 2.55. The van der Waals surface area contributed by atoms with E-state index in [0.29, 0.717) is 50.8 Å². The molecule has 5 aromatic rings. The number of hydrogen-bond acceptors (Lipinski definition) is 8.